The lowest BCUT2D eigenvalue weighted by atomic mass is 9.75. The molecule has 0 rings (SSSR count). The zero-order valence-electron chi connectivity index (χ0n) is 9.21. The van der Waals surface area contributed by atoms with Gasteiger partial charge in [-0.2, -0.15) is 0 Å². The number of hydrogen-bond donors (Lipinski definition) is 2. The van der Waals surface area contributed by atoms with Crippen molar-refractivity contribution >= 4 is 15.9 Å². The van der Waals surface area contributed by atoms with Gasteiger partial charge in [-0.25, -0.2) is 8.42 Å². The molecule has 3 N–H and O–H groups in total. The van der Waals surface area contributed by atoms with Crippen LogP contribution in [0.4, 0.5) is 0 Å². The van der Waals surface area contributed by atoms with Crippen LogP contribution in [-0.4, -0.2) is 26.1 Å². The lowest BCUT2D eigenvalue weighted by Gasteiger charge is -2.36. The maximum atomic E-state index is 11.6. The summed E-state index contributed by atoms with van der Waals surface area (Å²) in [5.41, 5.74) is 4.04. The van der Waals surface area contributed by atoms with Crippen LogP contribution in [0.2, 0.25) is 0 Å². The van der Waals surface area contributed by atoms with E-state index in [1.54, 1.807) is 27.7 Å². The Bertz CT molecular complexity index is 325. The van der Waals surface area contributed by atoms with Gasteiger partial charge in [-0.15, -0.1) is 0 Å². The standard InChI is InChI=1S/C8H18N2O3S/c1-7(2,8(3,4)9)6(11)10-14(5,12)13/h9H2,1-5H3,(H,10,11). The van der Waals surface area contributed by atoms with Crippen LogP contribution in [0.1, 0.15) is 27.7 Å². The molecule has 0 heterocycles. The largest absolute Gasteiger partial charge is 0.325 e. The first-order valence-corrected chi connectivity index (χ1v) is 6.08. The first kappa shape index (κ1) is 13.4. The van der Waals surface area contributed by atoms with Gasteiger partial charge in [0.05, 0.1) is 11.7 Å². The molecule has 14 heavy (non-hydrogen) atoms. The minimum absolute atomic E-state index is 0.590. The fourth-order valence-electron chi connectivity index (χ4n) is 0.589. The zero-order valence-corrected chi connectivity index (χ0v) is 10.0. The topological polar surface area (TPSA) is 89.3 Å². The molecule has 6 heteroatoms. The van der Waals surface area contributed by atoms with Gasteiger partial charge in [-0.05, 0) is 27.7 Å². The molecule has 0 aromatic heterocycles. The second kappa shape index (κ2) is 3.51. The van der Waals surface area contributed by atoms with Crippen LogP contribution < -0.4 is 10.5 Å². The molecule has 0 spiro atoms. The van der Waals surface area contributed by atoms with Gasteiger partial charge in [0.25, 0.3) is 0 Å². The Morgan fingerprint density at radius 1 is 1.21 bits per heavy atom. The quantitative estimate of drug-likeness (QED) is 0.693. The van der Waals surface area contributed by atoms with Crippen molar-refractivity contribution in [1.29, 1.82) is 0 Å². The van der Waals surface area contributed by atoms with E-state index in [-0.39, 0.29) is 0 Å². The van der Waals surface area contributed by atoms with Crippen molar-refractivity contribution in [2.75, 3.05) is 6.26 Å². The Morgan fingerprint density at radius 2 is 1.57 bits per heavy atom. The molecule has 0 atom stereocenters. The van der Waals surface area contributed by atoms with Gasteiger partial charge >= 0.3 is 0 Å². The van der Waals surface area contributed by atoms with Crippen molar-refractivity contribution in [2.24, 2.45) is 11.1 Å². The second-order valence-corrected chi connectivity index (χ2v) is 6.30. The molecule has 0 unspecified atom stereocenters. The Kier molecular flexibility index (Phi) is 3.35. The molecule has 0 fully saturated rings. The maximum absolute atomic E-state index is 11.6. The summed E-state index contributed by atoms with van der Waals surface area (Å²) in [5.74, 6) is -0.590. The van der Waals surface area contributed by atoms with E-state index in [0.29, 0.717) is 0 Å². The molecule has 0 aliphatic carbocycles. The number of nitrogens with one attached hydrogen (secondary N) is 1. The second-order valence-electron chi connectivity index (χ2n) is 4.55. The molecule has 0 aliphatic rings. The Morgan fingerprint density at radius 3 is 1.79 bits per heavy atom. The highest BCUT2D eigenvalue weighted by Gasteiger charge is 2.41. The third-order valence-electron chi connectivity index (χ3n) is 2.46. The molecule has 1 amide bonds. The zero-order chi connectivity index (χ0) is 11.8. The number of nitrogens with two attached hydrogens (primary N) is 1. The normalized spacial score (nSPS) is 13.9. The Balaban J connectivity index is 4.88. The average Bonchev–Trinajstić information content (AvgIpc) is 1.80. The first-order valence-electron chi connectivity index (χ1n) is 4.19. The number of hydrogen-bond acceptors (Lipinski definition) is 4. The number of rotatable bonds is 3. The number of carbonyl (C=O) groups is 1. The van der Waals surface area contributed by atoms with E-state index in [4.69, 9.17) is 5.73 Å². The third-order valence-corrected chi connectivity index (χ3v) is 3.01. The highest BCUT2D eigenvalue weighted by molar-refractivity contribution is 7.89. The molecule has 5 nitrogen and oxygen atoms in total. The van der Waals surface area contributed by atoms with Crippen LogP contribution in [-0.2, 0) is 14.8 Å². The van der Waals surface area contributed by atoms with Gasteiger partial charge in [-0.1, -0.05) is 0 Å². The minimum Gasteiger partial charge on any atom is -0.325 e. The summed E-state index contributed by atoms with van der Waals surface area (Å²) >= 11 is 0. The van der Waals surface area contributed by atoms with E-state index in [1.807, 2.05) is 4.72 Å². The van der Waals surface area contributed by atoms with Crippen LogP contribution in [0.5, 0.6) is 0 Å². The summed E-state index contributed by atoms with van der Waals surface area (Å²) in [6.07, 6.45) is 0.935. The number of amides is 1. The molecule has 84 valence electrons. The first-order chi connectivity index (χ1) is 5.88. The lowest BCUT2D eigenvalue weighted by molar-refractivity contribution is -0.130. The summed E-state index contributed by atoms with van der Waals surface area (Å²) in [6, 6.07) is 0. The van der Waals surface area contributed by atoms with Gasteiger partial charge in [0.2, 0.25) is 15.9 Å². The smallest absolute Gasteiger partial charge is 0.240 e. The van der Waals surface area contributed by atoms with E-state index in [2.05, 4.69) is 0 Å². The van der Waals surface area contributed by atoms with E-state index in [9.17, 15) is 13.2 Å². The van der Waals surface area contributed by atoms with Crippen LogP contribution >= 0.6 is 0 Å². The van der Waals surface area contributed by atoms with Gasteiger partial charge in [0.1, 0.15) is 0 Å². The third kappa shape index (κ3) is 3.26. The monoisotopic (exact) mass is 222 g/mol. The molecule has 0 aromatic rings. The van der Waals surface area contributed by atoms with Crippen molar-refractivity contribution < 1.29 is 13.2 Å². The van der Waals surface area contributed by atoms with Crippen LogP contribution in [0.25, 0.3) is 0 Å². The molecule has 0 saturated heterocycles. The van der Waals surface area contributed by atoms with Crippen molar-refractivity contribution in [2.45, 2.75) is 33.2 Å². The van der Waals surface area contributed by atoms with E-state index >= 15 is 0 Å². The van der Waals surface area contributed by atoms with Gasteiger partial charge in [0.15, 0.2) is 0 Å². The molecular formula is C8H18N2O3S. The molecule has 0 radical (unpaired) electrons. The molecule has 0 aliphatic heterocycles. The van der Waals surface area contributed by atoms with Crippen molar-refractivity contribution in [3.8, 4) is 0 Å². The summed E-state index contributed by atoms with van der Waals surface area (Å²) in [4.78, 5) is 11.6. The van der Waals surface area contributed by atoms with Crippen molar-refractivity contribution in [3.05, 3.63) is 0 Å². The van der Waals surface area contributed by atoms with Crippen LogP contribution in [0, 0.1) is 5.41 Å². The van der Waals surface area contributed by atoms with Gasteiger partial charge < -0.3 is 5.73 Å². The number of carbonyl (C=O) groups excluding carboxylic acids is 1. The molecule has 0 bridgehead atoms. The van der Waals surface area contributed by atoms with Crippen LogP contribution in [0.3, 0.4) is 0 Å². The lowest BCUT2D eigenvalue weighted by Crippen LogP contribution is -2.56. The summed E-state index contributed by atoms with van der Waals surface area (Å²) in [5, 5.41) is 0. The van der Waals surface area contributed by atoms with E-state index < -0.39 is 26.9 Å². The fourth-order valence-corrected chi connectivity index (χ4v) is 1.18. The van der Waals surface area contributed by atoms with E-state index in [0.717, 1.165) is 6.26 Å². The Hall–Kier alpha value is -0.620. The minimum atomic E-state index is -3.52. The molecule has 0 saturated carbocycles. The summed E-state index contributed by atoms with van der Waals surface area (Å²) in [6.45, 7) is 6.56. The average molecular weight is 222 g/mol. The predicted molar refractivity (Wildman–Crippen MR) is 55.0 cm³/mol. The van der Waals surface area contributed by atoms with Crippen molar-refractivity contribution in [3.63, 3.8) is 0 Å². The van der Waals surface area contributed by atoms with E-state index in [1.165, 1.54) is 0 Å². The molecule has 0 aromatic carbocycles. The predicted octanol–water partition coefficient (Wildman–Crippen LogP) is -0.174. The van der Waals surface area contributed by atoms with Gasteiger partial charge in [-0.3, -0.25) is 9.52 Å². The van der Waals surface area contributed by atoms with Crippen molar-refractivity contribution in [1.82, 2.24) is 4.72 Å². The van der Waals surface area contributed by atoms with Gasteiger partial charge in [0, 0.05) is 5.54 Å². The van der Waals surface area contributed by atoms with Crippen LogP contribution in [0.15, 0.2) is 0 Å². The highest BCUT2D eigenvalue weighted by atomic mass is 32.2. The summed E-state index contributed by atoms with van der Waals surface area (Å²) < 4.78 is 23.6. The SMILES string of the molecule is CC(C)(N)C(C)(C)C(=O)NS(C)(=O)=O. The Labute approximate surface area is 85.1 Å². The fraction of sp³-hybridized carbons (Fsp3) is 0.875. The molecular weight excluding hydrogens is 204 g/mol. The number of sulfonamides is 1. The summed E-state index contributed by atoms with van der Waals surface area (Å²) in [7, 11) is -3.52. The maximum Gasteiger partial charge on any atom is 0.240 e. The highest BCUT2D eigenvalue weighted by Crippen LogP contribution is 2.28.